The van der Waals surface area contributed by atoms with Crippen molar-refractivity contribution in [2.45, 2.75) is 11.3 Å². The number of carbonyl (C=O) groups excluding carboxylic acids is 3. The van der Waals surface area contributed by atoms with Crippen LogP contribution in [-0.2, 0) is 9.53 Å². The van der Waals surface area contributed by atoms with Gasteiger partial charge >= 0.3 is 12.1 Å². The summed E-state index contributed by atoms with van der Waals surface area (Å²) >= 11 is 1.41. The zero-order valence-electron chi connectivity index (χ0n) is 15.3. The molecular weight excluding hydrogens is 399 g/mol. The second-order valence-electron chi connectivity index (χ2n) is 6.00. The van der Waals surface area contributed by atoms with Crippen molar-refractivity contribution in [3.8, 4) is 0 Å². The summed E-state index contributed by atoms with van der Waals surface area (Å²) in [5.41, 5.74) is 5.65. The minimum Gasteiger partial charge on any atom is -0.447 e. The van der Waals surface area contributed by atoms with E-state index in [1.165, 1.54) is 28.8 Å². The number of nitrogens with one attached hydrogen (secondary N) is 3. The highest BCUT2D eigenvalue weighted by Crippen LogP contribution is 2.22. The number of benzene rings is 2. The maximum atomic E-state index is 12.8. The van der Waals surface area contributed by atoms with Crippen LogP contribution in [0.15, 0.2) is 53.4 Å². The summed E-state index contributed by atoms with van der Waals surface area (Å²) in [4.78, 5) is 37.7. The Morgan fingerprint density at radius 1 is 1.14 bits per heavy atom. The molecule has 3 N–H and O–H groups in total. The first-order valence-electron chi connectivity index (χ1n) is 8.80. The van der Waals surface area contributed by atoms with Crippen molar-refractivity contribution in [1.29, 1.82) is 0 Å². The summed E-state index contributed by atoms with van der Waals surface area (Å²) in [5, 5.41) is 2.58. The van der Waals surface area contributed by atoms with Crippen LogP contribution in [0.5, 0.6) is 0 Å². The van der Waals surface area contributed by atoms with E-state index < -0.39 is 12.1 Å². The number of amides is 4. The second kappa shape index (κ2) is 9.78. The molecule has 8 nitrogen and oxygen atoms in total. The zero-order chi connectivity index (χ0) is 20.6. The van der Waals surface area contributed by atoms with Gasteiger partial charge in [-0.3, -0.25) is 15.1 Å². The fraction of sp³-hybridized carbons (Fsp3) is 0.211. The average Bonchev–Trinajstić information content (AvgIpc) is 3.14. The van der Waals surface area contributed by atoms with E-state index in [1.54, 1.807) is 36.4 Å². The van der Waals surface area contributed by atoms with E-state index in [2.05, 4.69) is 16.2 Å². The summed E-state index contributed by atoms with van der Waals surface area (Å²) < 4.78 is 17.7. The van der Waals surface area contributed by atoms with Crippen LogP contribution in [0, 0.1) is 5.82 Å². The number of hydrogen-bond acceptors (Lipinski definition) is 5. The van der Waals surface area contributed by atoms with E-state index in [4.69, 9.17) is 4.74 Å². The van der Waals surface area contributed by atoms with Crippen LogP contribution < -0.4 is 21.1 Å². The van der Waals surface area contributed by atoms with Crippen molar-refractivity contribution >= 4 is 41.2 Å². The smallest absolute Gasteiger partial charge is 0.414 e. The zero-order valence-corrected chi connectivity index (χ0v) is 16.1. The molecule has 0 atom stereocenters. The van der Waals surface area contributed by atoms with Crippen molar-refractivity contribution in [2.75, 3.05) is 29.1 Å². The van der Waals surface area contributed by atoms with E-state index in [9.17, 15) is 18.8 Å². The molecule has 1 fully saturated rings. The minimum absolute atomic E-state index is 0.175. The Kier molecular flexibility index (Phi) is 6.90. The van der Waals surface area contributed by atoms with Gasteiger partial charge < -0.3 is 10.1 Å². The number of rotatable bonds is 6. The van der Waals surface area contributed by atoms with Gasteiger partial charge in [0.25, 0.3) is 0 Å². The third-order valence-corrected chi connectivity index (χ3v) is 4.92. The van der Waals surface area contributed by atoms with Gasteiger partial charge in [0.1, 0.15) is 12.4 Å². The predicted octanol–water partition coefficient (Wildman–Crippen LogP) is 3.12. The number of anilines is 2. The molecule has 29 heavy (non-hydrogen) atoms. The summed E-state index contributed by atoms with van der Waals surface area (Å²) in [6.45, 7) is 0.767. The standard InChI is InChI=1S/C19H19FN4O4S/c20-13-4-6-16(7-5-13)29-11-8-17(25)22-23-18(26)21-14-2-1-3-15(12-14)24-9-10-28-19(24)27/h1-7,12H,8-11H2,(H,22,25)(H2,21,23,26). The molecule has 0 aliphatic carbocycles. The van der Waals surface area contributed by atoms with Gasteiger partial charge in [-0.05, 0) is 42.5 Å². The molecule has 1 saturated heterocycles. The minimum atomic E-state index is -0.620. The number of cyclic esters (lactones) is 1. The van der Waals surface area contributed by atoms with E-state index >= 15 is 0 Å². The largest absolute Gasteiger partial charge is 0.447 e. The molecule has 4 amide bonds. The number of thioether (sulfide) groups is 1. The lowest BCUT2D eigenvalue weighted by atomic mass is 10.2. The topological polar surface area (TPSA) is 99.8 Å². The predicted molar refractivity (Wildman–Crippen MR) is 107 cm³/mol. The van der Waals surface area contributed by atoms with Crippen molar-refractivity contribution in [3.63, 3.8) is 0 Å². The highest BCUT2D eigenvalue weighted by molar-refractivity contribution is 7.99. The van der Waals surface area contributed by atoms with Crippen LogP contribution in [0.25, 0.3) is 0 Å². The first-order chi connectivity index (χ1) is 14.0. The Hall–Kier alpha value is -3.27. The Labute approximate surface area is 170 Å². The summed E-state index contributed by atoms with van der Waals surface area (Å²) in [7, 11) is 0. The van der Waals surface area contributed by atoms with Crippen LogP contribution in [0.1, 0.15) is 6.42 Å². The molecule has 3 rings (SSSR count). The Bertz CT molecular complexity index is 894. The number of carbonyl (C=O) groups is 3. The molecule has 2 aromatic rings. The number of hydrazine groups is 1. The van der Waals surface area contributed by atoms with Gasteiger partial charge in [-0.25, -0.2) is 19.4 Å². The molecule has 152 valence electrons. The third kappa shape index (κ3) is 6.11. The molecule has 0 saturated carbocycles. The fourth-order valence-corrected chi connectivity index (χ4v) is 3.37. The number of urea groups is 1. The molecule has 1 heterocycles. The Balaban J connectivity index is 1.39. The van der Waals surface area contributed by atoms with Gasteiger partial charge in [0.05, 0.1) is 6.54 Å². The molecule has 1 aliphatic heterocycles. The monoisotopic (exact) mass is 418 g/mol. The molecular formula is C19H19FN4O4S. The number of ether oxygens (including phenoxy) is 1. The molecule has 1 aliphatic rings. The van der Waals surface area contributed by atoms with E-state index in [0.29, 0.717) is 30.3 Å². The first kappa shape index (κ1) is 20.5. The quantitative estimate of drug-likeness (QED) is 0.494. The fourth-order valence-electron chi connectivity index (χ4n) is 2.52. The molecule has 2 aromatic carbocycles. The summed E-state index contributed by atoms with van der Waals surface area (Å²) in [5.74, 6) is -0.189. The SMILES string of the molecule is O=C(CCSc1ccc(F)cc1)NNC(=O)Nc1cccc(N2CCOC2=O)c1. The lowest BCUT2D eigenvalue weighted by Crippen LogP contribution is -2.44. The second-order valence-corrected chi connectivity index (χ2v) is 7.16. The highest BCUT2D eigenvalue weighted by atomic mass is 32.2. The van der Waals surface area contributed by atoms with Crippen LogP contribution >= 0.6 is 11.8 Å². The Morgan fingerprint density at radius 3 is 2.66 bits per heavy atom. The molecule has 0 aromatic heterocycles. The van der Waals surface area contributed by atoms with Gasteiger partial charge in [0.2, 0.25) is 5.91 Å². The van der Waals surface area contributed by atoms with Gasteiger partial charge in [0, 0.05) is 28.4 Å². The van der Waals surface area contributed by atoms with Crippen LogP contribution in [0.2, 0.25) is 0 Å². The molecule has 10 heteroatoms. The molecule has 0 radical (unpaired) electrons. The van der Waals surface area contributed by atoms with Crippen LogP contribution in [0.3, 0.4) is 0 Å². The van der Waals surface area contributed by atoms with Crippen molar-refractivity contribution < 1.29 is 23.5 Å². The highest BCUT2D eigenvalue weighted by Gasteiger charge is 2.23. The first-order valence-corrected chi connectivity index (χ1v) is 9.78. The maximum absolute atomic E-state index is 12.8. The lowest BCUT2D eigenvalue weighted by Gasteiger charge is -2.14. The van der Waals surface area contributed by atoms with Crippen molar-refractivity contribution in [3.05, 3.63) is 54.3 Å². The van der Waals surface area contributed by atoms with Gasteiger partial charge in [-0.1, -0.05) is 6.07 Å². The summed E-state index contributed by atoms with van der Waals surface area (Å²) in [6.07, 6.45) is -0.258. The molecule has 0 spiro atoms. The Morgan fingerprint density at radius 2 is 1.93 bits per heavy atom. The van der Waals surface area contributed by atoms with Crippen molar-refractivity contribution in [1.82, 2.24) is 10.9 Å². The molecule has 0 unspecified atom stereocenters. The van der Waals surface area contributed by atoms with E-state index in [-0.39, 0.29) is 18.1 Å². The van der Waals surface area contributed by atoms with Crippen molar-refractivity contribution in [2.24, 2.45) is 0 Å². The lowest BCUT2D eigenvalue weighted by molar-refractivity contribution is -0.121. The normalized spacial score (nSPS) is 13.0. The van der Waals surface area contributed by atoms with E-state index in [1.807, 2.05) is 0 Å². The average molecular weight is 418 g/mol. The van der Waals surface area contributed by atoms with Gasteiger partial charge in [-0.15, -0.1) is 11.8 Å². The number of nitrogens with zero attached hydrogens (tertiary/aromatic N) is 1. The van der Waals surface area contributed by atoms with Crippen LogP contribution in [0.4, 0.5) is 25.4 Å². The number of hydrogen-bond donors (Lipinski definition) is 3. The molecule has 0 bridgehead atoms. The number of halogens is 1. The van der Waals surface area contributed by atoms with Gasteiger partial charge in [0.15, 0.2) is 0 Å². The third-order valence-electron chi connectivity index (χ3n) is 3.90. The summed E-state index contributed by atoms with van der Waals surface area (Å²) in [6, 6.07) is 12.1. The van der Waals surface area contributed by atoms with Crippen LogP contribution in [-0.4, -0.2) is 36.9 Å². The van der Waals surface area contributed by atoms with E-state index in [0.717, 1.165) is 4.90 Å². The maximum Gasteiger partial charge on any atom is 0.414 e. The van der Waals surface area contributed by atoms with Gasteiger partial charge in [-0.2, -0.15) is 0 Å².